The standard InChI is InChI=1S/C28H28N4O3S/c1-5-22-28(31(2)17-21-14-18-8-6-7-9-25(18)36-21)32-16-19(10-13-26(32)30-22)27(33)29-20-11-12-23(34-3)24(15-20)35-4/h6-16H,5,17H2,1-4H3,(H,29,33). The number of fused-ring (bicyclic) bond motifs is 2. The second-order valence-corrected chi connectivity index (χ2v) is 9.68. The average molecular weight is 501 g/mol. The van der Waals surface area contributed by atoms with Crippen molar-refractivity contribution in [2.45, 2.75) is 19.9 Å². The summed E-state index contributed by atoms with van der Waals surface area (Å²) in [5, 5.41) is 4.21. The maximum absolute atomic E-state index is 13.1. The summed E-state index contributed by atoms with van der Waals surface area (Å²) < 4.78 is 13.9. The molecule has 0 aliphatic heterocycles. The molecule has 7 nitrogen and oxygen atoms in total. The van der Waals surface area contributed by atoms with Crippen molar-refractivity contribution in [3.63, 3.8) is 0 Å². The third-order valence-corrected chi connectivity index (χ3v) is 7.23. The number of imidazole rings is 1. The van der Waals surface area contributed by atoms with Crippen LogP contribution >= 0.6 is 11.3 Å². The summed E-state index contributed by atoms with van der Waals surface area (Å²) in [7, 11) is 5.22. The van der Waals surface area contributed by atoms with Crippen LogP contribution in [0.4, 0.5) is 11.5 Å². The van der Waals surface area contributed by atoms with Crippen molar-refractivity contribution in [1.82, 2.24) is 9.38 Å². The molecule has 2 aromatic carbocycles. The molecule has 36 heavy (non-hydrogen) atoms. The molecule has 1 N–H and O–H groups in total. The van der Waals surface area contributed by atoms with E-state index in [4.69, 9.17) is 14.5 Å². The maximum Gasteiger partial charge on any atom is 0.257 e. The topological polar surface area (TPSA) is 68.1 Å². The minimum Gasteiger partial charge on any atom is -0.493 e. The molecule has 0 unspecified atom stereocenters. The maximum atomic E-state index is 13.1. The van der Waals surface area contributed by atoms with Gasteiger partial charge in [0.25, 0.3) is 5.91 Å². The lowest BCUT2D eigenvalue weighted by Gasteiger charge is -2.19. The summed E-state index contributed by atoms with van der Waals surface area (Å²) in [6, 6.07) is 19.7. The van der Waals surface area contributed by atoms with Gasteiger partial charge in [0.1, 0.15) is 11.5 Å². The SMILES string of the molecule is CCc1nc2ccc(C(=O)Nc3ccc(OC)c(OC)c3)cn2c1N(C)Cc1cc2ccccc2s1. The fourth-order valence-corrected chi connectivity index (χ4v) is 5.52. The fourth-order valence-electron chi connectivity index (χ4n) is 4.40. The molecule has 0 radical (unpaired) electrons. The summed E-state index contributed by atoms with van der Waals surface area (Å²) in [5.74, 6) is 1.94. The lowest BCUT2D eigenvalue weighted by atomic mass is 10.2. The van der Waals surface area contributed by atoms with Gasteiger partial charge in [-0.15, -0.1) is 11.3 Å². The number of nitrogens with zero attached hydrogens (tertiary/aromatic N) is 3. The van der Waals surface area contributed by atoms with Gasteiger partial charge in [-0.2, -0.15) is 0 Å². The van der Waals surface area contributed by atoms with Crippen LogP contribution in [-0.4, -0.2) is 36.6 Å². The molecule has 3 heterocycles. The second-order valence-electron chi connectivity index (χ2n) is 8.51. The molecule has 1 amide bonds. The van der Waals surface area contributed by atoms with Crippen LogP contribution in [0.15, 0.2) is 66.9 Å². The molecule has 5 aromatic rings. The van der Waals surface area contributed by atoms with E-state index >= 15 is 0 Å². The van der Waals surface area contributed by atoms with Crippen LogP contribution in [0.5, 0.6) is 11.5 Å². The third-order valence-electron chi connectivity index (χ3n) is 6.13. The van der Waals surface area contributed by atoms with Crippen LogP contribution in [0, 0.1) is 0 Å². The molecule has 0 bridgehead atoms. The molecule has 184 valence electrons. The number of anilines is 2. The minimum atomic E-state index is -0.214. The molecule has 0 saturated heterocycles. The van der Waals surface area contributed by atoms with E-state index in [1.54, 1.807) is 49.8 Å². The van der Waals surface area contributed by atoms with Crippen LogP contribution in [0.25, 0.3) is 15.7 Å². The van der Waals surface area contributed by atoms with Crippen molar-refractivity contribution in [1.29, 1.82) is 0 Å². The van der Waals surface area contributed by atoms with Gasteiger partial charge < -0.3 is 19.7 Å². The number of rotatable bonds is 8. The second kappa shape index (κ2) is 9.91. The van der Waals surface area contributed by atoms with Gasteiger partial charge in [-0.3, -0.25) is 9.20 Å². The van der Waals surface area contributed by atoms with Gasteiger partial charge in [-0.25, -0.2) is 4.98 Å². The fraction of sp³-hybridized carbons (Fsp3) is 0.214. The van der Waals surface area contributed by atoms with Crippen molar-refractivity contribution in [2.75, 3.05) is 31.5 Å². The minimum absolute atomic E-state index is 0.214. The zero-order valence-electron chi connectivity index (χ0n) is 20.7. The van der Waals surface area contributed by atoms with E-state index in [9.17, 15) is 4.79 Å². The zero-order valence-corrected chi connectivity index (χ0v) is 21.6. The third kappa shape index (κ3) is 4.47. The average Bonchev–Trinajstić information content (AvgIpc) is 3.48. The van der Waals surface area contributed by atoms with Crippen molar-refractivity contribution < 1.29 is 14.3 Å². The molecule has 3 aromatic heterocycles. The van der Waals surface area contributed by atoms with Crippen molar-refractivity contribution in [3.05, 3.63) is 83.0 Å². The zero-order chi connectivity index (χ0) is 25.2. The lowest BCUT2D eigenvalue weighted by Crippen LogP contribution is -2.19. The molecular formula is C28H28N4O3S. The molecule has 8 heteroatoms. The van der Waals surface area contributed by atoms with Crippen LogP contribution in [-0.2, 0) is 13.0 Å². The molecule has 0 aliphatic rings. The summed E-state index contributed by atoms with van der Waals surface area (Å²) in [4.78, 5) is 21.4. The Balaban J connectivity index is 1.44. The van der Waals surface area contributed by atoms with Gasteiger partial charge in [0.05, 0.1) is 32.0 Å². The molecule has 0 aliphatic carbocycles. The highest BCUT2D eigenvalue weighted by molar-refractivity contribution is 7.19. The largest absolute Gasteiger partial charge is 0.493 e. The number of aryl methyl sites for hydroxylation is 1. The summed E-state index contributed by atoms with van der Waals surface area (Å²) in [6.45, 7) is 2.85. The number of hydrogen-bond donors (Lipinski definition) is 1. The normalized spacial score (nSPS) is 11.1. The number of methoxy groups -OCH3 is 2. The molecule has 0 atom stereocenters. The number of aromatic nitrogens is 2. The Morgan fingerprint density at radius 3 is 2.61 bits per heavy atom. The monoisotopic (exact) mass is 500 g/mol. The van der Waals surface area contributed by atoms with Crippen molar-refractivity contribution >= 4 is 44.5 Å². The molecule has 0 fully saturated rings. The van der Waals surface area contributed by atoms with Gasteiger partial charge >= 0.3 is 0 Å². The van der Waals surface area contributed by atoms with Crippen LogP contribution in [0.1, 0.15) is 27.9 Å². The Labute approximate surface area is 213 Å². The van der Waals surface area contributed by atoms with E-state index in [2.05, 4.69) is 54.5 Å². The number of carbonyl (C=O) groups excluding carboxylic acids is 1. The smallest absolute Gasteiger partial charge is 0.257 e. The Kier molecular flexibility index (Phi) is 6.52. The Morgan fingerprint density at radius 2 is 1.86 bits per heavy atom. The highest BCUT2D eigenvalue weighted by Gasteiger charge is 2.18. The highest BCUT2D eigenvalue weighted by atomic mass is 32.1. The number of hydrogen-bond acceptors (Lipinski definition) is 6. The highest BCUT2D eigenvalue weighted by Crippen LogP contribution is 2.31. The summed E-state index contributed by atoms with van der Waals surface area (Å²) >= 11 is 1.80. The number of thiophene rings is 1. The number of pyridine rings is 1. The molecule has 5 rings (SSSR count). The number of nitrogens with one attached hydrogen (secondary N) is 1. The Morgan fingerprint density at radius 1 is 1.06 bits per heavy atom. The van der Waals surface area contributed by atoms with Crippen LogP contribution < -0.4 is 19.7 Å². The summed E-state index contributed by atoms with van der Waals surface area (Å²) in [6.07, 6.45) is 2.65. The van der Waals surface area contributed by atoms with Crippen molar-refractivity contribution in [2.24, 2.45) is 0 Å². The van der Waals surface area contributed by atoms with Gasteiger partial charge in [0.15, 0.2) is 11.5 Å². The quantitative estimate of drug-likeness (QED) is 0.282. The predicted octanol–water partition coefficient (Wildman–Crippen LogP) is 6.02. The van der Waals surface area contributed by atoms with E-state index < -0.39 is 0 Å². The lowest BCUT2D eigenvalue weighted by molar-refractivity contribution is 0.102. The molecule has 0 saturated carbocycles. The Bertz CT molecular complexity index is 1520. The first kappa shape index (κ1) is 23.7. The van der Waals surface area contributed by atoms with Gasteiger partial charge in [0, 0.05) is 34.6 Å². The molecule has 0 spiro atoms. The van der Waals surface area contributed by atoms with E-state index in [1.165, 1.54) is 15.0 Å². The first-order valence-corrected chi connectivity index (χ1v) is 12.5. The van der Waals surface area contributed by atoms with Crippen LogP contribution in [0.3, 0.4) is 0 Å². The van der Waals surface area contributed by atoms with E-state index in [0.717, 1.165) is 30.1 Å². The first-order valence-electron chi connectivity index (χ1n) is 11.7. The first-order chi connectivity index (χ1) is 17.5. The number of amides is 1. The van der Waals surface area contributed by atoms with Gasteiger partial charge in [-0.1, -0.05) is 25.1 Å². The van der Waals surface area contributed by atoms with Gasteiger partial charge in [-0.05, 0) is 48.2 Å². The van der Waals surface area contributed by atoms with E-state index in [0.29, 0.717) is 22.7 Å². The van der Waals surface area contributed by atoms with Crippen molar-refractivity contribution in [3.8, 4) is 11.5 Å². The van der Waals surface area contributed by atoms with Gasteiger partial charge in [0.2, 0.25) is 0 Å². The number of carbonyl (C=O) groups is 1. The van der Waals surface area contributed by atoms with Crippen LogP contribution in [0.2, 0.25) is 0 Å². The van der Waals surface area contributed by atoms with E-state index in [-0.39, 0.29) is 5.91 Å². The number of ether oxygens (including phenoxy) is 2. The predicted molar refractivity (Wildman–Crippen MR) is 146 cm³/mol. The van der Waals surface area contributed by atoms with E-state index in [1.807, 2.05) is 16.7 Å². The number of benzene rings is 2. The molecular weight excluding hydrogens is 472 g/mol. The Hall–Kier alpha value is -4.04. The summed E-state index contributed by atoms with van der Waals surface area (Å²) in [5.41, 5.74) is 2.97.